The molecule has 1 aliphatic rings. The SMILES string of the molecule is CCCCCCCCCCCCCCC1=CC=CC(C)(S(=O)(=O)O)C1C. The molecule has 26 heavy (non-hydrogen) atoms. The number of hydrogen-bond donors (Lipinski definition) is 1. The van der Waals surface area contributed by atoms with Crippen LogP contribution < -0.4 is 0 Å². The minimum absolute atomic E-state index is 0.171. The smallest absolute Gasteiger partial charge is 0.274 e. The van der Waals surface area contributed by atoms with Gasteiger partial charge in [0.05, 0.1) is 0 Å². The molecule has 3 nitrogen and oxygen atoms in total. The Hall–Kier alpha value is -0.610. The van der Waals surface area contributed by atoms with Crippen molar-refractivity contribution in [3.8, 4) is 0 Å². The van der Waals surface area contributed by atoms with E-state index in [1.165, 1.54) is 70.6 Å². The van der Waals surface area contributed by atoms with E-state index in [1.54, 1.807) is 19.1 Å². The van der Waals surface area contributed by atoms with Gasteiger partial charge in [-0.25, -0.2) is 0 Å². The third kappa shape index (κ3) is 7.56. The summed E-state index contributed by atoms with van der Waals surface area (Å²) in [5.74, 6) is -0.171. The highest BCUT2D eigenvalue weighted by molar-refractivity contribution is 7.87. The molecule has 0 aromatic rings. The summed E-state index contributed by atoms with van der Waals surface area (Å²) in [5.41, 5.74) is 1.14. The predicted octanol–water partition coefficient (Wildman–Crippen LogP) is 6.86. The standard InChI is InChI=1S/C22H40O3S/c1-4-5-6-7-8-9-10-11-12-13-14-15-17-21-18-16-19-22(3,20(21)2)26(23,24)25/h16,18-20H,4-15,17H2,1-3H3,(H,23,24,25). The van der Waals surface area contributed by atoms with Crippen molar-refractivity contribution < 1.29 is 13.0 Å². The molecule has 0 saturated carbocycles. The molecule has 0 aliphatic heterocycles. The van der Waals surface area contributed by atoms with Crippen LogP contribution in [0.5, 0.6) is 0 Å². The lowest BCUT2D eigenvalue weighted by molar-refractivity contribution is 0.414. The first-order valence-corrected chi connectivity index (χ1v) is 12.1. The van der Waals surface area contributed by atoms with E-state index in [2.05, 4.69) is 6.92 Å². The normalized spacial score (nSPS) is 23.2. The summed E-state index contributed by atoms with van der Waals surface area (Å²) in [6, 6.07) is 0. The average Bonchev–Trinajstić information content (AvgIpc) is 2.58. The van der Waals surface area contributed by atoms with E-state index in [0.29, 0.717) is 0 Å². The molecule has 0 bridgehead atoms. The molecule has 0 fully saturated rings. The monoisotopic (exact) mass is 384 g/mol. The number of hydrogen-bond acceptors (Lipinski definition) is 2. The molecular formula is C22H40O3S. The maximum absolute atomic E-state index is 11.7. The summed E-state index contributed by atoms with van der Waals surface area (Å²) in [4.78, 5) is 0. The van der Waals surface area contributed by atoms with E-state index < -0.39 is 14.9 Å². The average molecular weight is 385 g/mol. The Bertz CT molecular complexity index is 548. The van der Waals surface area contributed by atoms with Gasteiger partial charge in [0.25, 0.3) is 10.1 Å². The van der Waals surface area contributed by atoms with Crippen LogP contribution in [0, 0.1) is 5.92 Å². The van der Waals surface area contributed by atoms with Crippen LogP contribution in [0.15, 0.2) is 23.8 Å². The van der Waals surface area contributed by atoms with Gasteiger partial charge in [-0.3, -0.25) is 4.55 Å². The lowest BCUT2D eigenvalue weighted by Gasteiger charge is -2.33. The first-order chi connectivity index (χ1) is 12.3. The maximum atomic E-state index is 11.7. The highest BCUT2D eigenvalue weighted by Gasteiger charge is 2.43. The second-order valence-electron chi connectivity index (χ2n) is 8.12. The number of allylic oxidation sites excluding steroid dienone is 3. The molecule has 1 N–H and O–H groups in total. The Kier molecular flexibility index (Phi) is 10.8. The molecule has 1 aliphatic carbocycles. The quantitative estimate of drug-likeness (QED) is 0.263. The van der Waals surface area contributed by atoms with E-state index in [1.807, 2.05) is 13.0 Å². The zero-order valence-corrected chi connectivity index (χ0v) is 18.0. The van der Waals surface area contributed by atoms with E-state index >= 15 is 0 Å². The number of unbranched alkanes of at least 4 members (excludes halogenated alkanes) is 11. The van der Waals surface area contributed by atoms with Crippen molar-refractivity contribution in [1.29, 1.82) is 0 Å². The summed E-state index contributed by atoms with van der Waals surface area (Å²) in [6.07, 6.45) is 22.2. The molecular weight excluding hydrogens is 344 g/mol. The van der Waals surface area contributed by atoms with Gasteiger partial charge in [0.1, 0.15) is 4.75 Å². The molecule has 0 spiro atoms. The topological polar surface area (TPSA) is 54.4 Å². The molecule has 0 heterocycles. The summed E-state index contributed by atoms with van der Waals surface area (Å²) in [6.45, 7) is 5.78. The largest absolute Gasteiger partial charge is 0.285 e. The van der Waals surface area contributed by atoms with Gasteiger partial charge < -0.3 is 0 Å². The predicted molar refractivity (Wildman–Crippen MR) is 112 cm³/mol. The second kappa shape index (κ2) is 12.0. The van der Waals surface area contributed by atoms with Crippen LogP contribution >= 0.6 is 0 Å². The van der Waals surface area contributed by atoms with Crippen molar-refractivity contribution in [1.82, 2.24) is 0 Å². The van der Waals surface area contributed by atoms with Crippen LogP contribution in [0.1, 0.15) is 104 Å². The lowest BCUT2D eigenvalue weighted by Crippen LogP contribution is -2.41. The summed E-state index contributed by atoms with van der Waals surface area (Å²) >= 11 is 0. The highest BCUT2D eigenvalue weighted by Crippen LogP contribution is 2.37. The third-order valence-electron chi connectivity index (χ3n) is 6.03. The summed E-state index contributed by atoms with van der Waals surface area (Å²) < 4.78 is 31.8. The van der Waals surface area contributed by atoms with Gasteiger partial charge in [-0.2, -0.15) is 8.42 Å². The second-order valence-corrected chi connectivity index (χ2v) is 9.95. The first-order valence-electron chi connectivity index (χ1n) is 10.7. The van der Waals surface area contributed by atoms with E-state index in [4.69, 9.17) is 0 Å². The van der Waals surface area contributed by atoms with Gasteiger partial charge in [-0.05, 0) is 19.8 Å². The van der Waals surface area contributed by atoms with E-state index in [-0.39, 0.29) is 5.92 Å². The molecule has 152 valence electrons. The first kappa shape index (κ1) is 23.4. The molecule has 0 aromatic heterocycles. The molecule has 0 saturated heterocycles. The van der Waals surface area contributed by atoms with Gasteiger partial charge in [0.2, 0.25) is 0 Å². The minimum Gasteiger partial charge on any atom is -0.285 e. The van der Waals surface area contributed by atoms with E-state index in [9.17, 15) is 13.0 Å². The van der Waals surface area contributed by atoms with Crippen molar-refractivity contribution in [2.24, 2.45) is 5.92 Å². The zero-order valence-electron chi connectivity index (χ0n) is 17.2. The van der Waals surface area contributed by atoms with Crippen molar-refractivity contribution in [2.45, 2.75) is 109 Å². The Morgan fingerprint density at radius 2 is 1.38 bits per heavy atom. The van der Waals surface area contributed by atoms with Crippen LogP contribution in [-0.4, -0.2) is 17.7 Å². The molecule has 1 rings (SSSR count). The van der Waals surface area contributed by atoms with Gasteiger partial charge in [-0.1, -0.05) is 108 Å². The van der Waals surface area contributed by atoms with Crippen LogP contribution in [0.2, 0.25) is 0 Å². The maximum Gasteiger partial charge on any atom is 0.274 e. The molecule has 0 aromatic carbocycles. The number of rotatable bonds is 14. The van der Waals surface area contributed by atoms with E-state index in [0.717, 1.165) is 18.4 Å². The fourth-order valence-electron chi connectivity index (χ4n) is 3.80. The van der Waals surface area contributed by atoms with Crippen molar-refractivity contribution >= 4 is 10.1 Å². The van der Waals surface area contributed by atoms with Crippen molar-refractivity contribution in [2.75, 3.05) is 0 Å². The molecule has 0 amide bonds. The lowest BCUT2D eigenvalue weighted by atomic mass is 9.81. The van der Waals surface area contributed by atoms with Crippen LogP contribution in [0.3, 0.4) is 0 Å². The summed E-state index contributed by atoms with van der Waals surface area (Å²) in [5, 5.41) is 0. The Labute approximate surface area is 162 Å². The Morgan fingerprint density at radius 3 is 1.85 bits per heavy atom. The molecule has 2 unspecified atom stereocenters. The van der Waals surface area contributed by atoms with Gasteiger partial charge in [0, 0.05) is 5.92 Å². The Balaban J connectivity index is 2.12. The van der Waals surface area contributed by atoms with Crippen molar-refractivity contribution in [3.63, 3.8) is 0 Å². The molecule has 2 atom stereocenters. The summed E-state index contributed by atoms with van der Waals surface area (Å²) in [7, 11) is -4.09. The third-order valence-corrected chi connectivity index (χ3v) is 7.63. The van der Waals surface area contributed by atoms with Gasteiger partial charge >= 0.3 is 0 Å². The van der Waals surface area contributed by atoms with Crippen LogP contribution in [0.4, 0.5) is 0 Å². The van der Waals surface area contributed by atoms with Crippen LogP contribution in [-0.2, 0) is 10.1 Å². The highest BCUT2D eigenvalue weighted by atomic mass is 32.2. The molecule has 4 heteroatoms. The Morgan fingerprint density at radius 1 is 0.923 bits per heavy atom. The fourth-order valence-corrected chi connectivity index (χ4v) is 4.65. The zero-order chi connectivity index (χ0) is 19.5. The fraction of sp³-hybridized carbons (Fsp3) is 0.818. The van der Waals surface area contributed by atoms with Crippen molar-refractivity contribution in [3.05, 3.63) is 23.8 Å². The van der Waals surface area contributed by atoms with Crippen LogP contribution in [0.25, 0.3) is 0 Å². The minimum atomic E-state index is -4.09. The molecule has 0 radical (unpaired) electrons. The van der Waals surface area contributed by atoms with Gasteiger partial charge in [0.15, 0.2) is 0 Å². The van der Waals surface area contributed by atoms with Gasteiger partial charge in [-0.15, -0.1) is 0 Å².